The number of ether oxygens (including phenoxy) is 3. The average molecular weight is 606 g/mol. The highest BCUT2D eigenvalue weighted by atomic mass is 16.6. The van der Waals surface area contributed by atoms with E-state index in [0.717, 1.165) is 59.5 Å². The fraction of sp³-hybridized carbons (Fsp3) is 0.306. The van der Waals surface area contributed by atoms with Gasteiger partial charge >= 0.3 is 6.09 Å². The van der Waals surface area contributed by atoms with Crippen molar-refractivity contribution in [2.24, 2.45) is 0 Å². The first-order valence-electron chi connectivity index (χ1n) is 15.4. The minimum Gasteiger partial charge on any atom is -0.473 e. The van der Waals surface area contributed by atoms with Crippen molar-refractivity contribution in [2.75, 3.05) is 18.0 Å². The molecule has 1 amide bonds. The number of aromatic nitrogens is 3. The van der Waals surface area contributed by atoms with Crippen LogP contribution in [0.3, 0.4) is 0 Å². The van der Waals surface area contributed by atoms with Crippen molar-refractivity contribution in [3.8, 4) is 17.4 Å². The first kappa shape index (κ1) is 30.0. The largest absolute Gasteiger partial charge is 0.473 e. The molecule has 0 atom stereocenters. The quantitative estimate of drug-likeness (QED) is 0.192. The molecule has 232 valence electrons. The summed E-state index contributed by atoms with van der Waals surface area (Å²) in [4.78, 5) is 24.1. The van der Waals surface area contributed by atoms with Crippen LogP contribution < -0.4 is 19.7 Å². The summed E-state index contributed by atoms with van der Waals surface area (Å²) in [6, 6.07) is 30.3. The summed E-state index contributed by atoms with van der Waals surface area (Å²) in [6.07, 6.45) is 3.14. The number of nitrogens with zero attached hydrogens (tertiary/aromatic N) is 4. The van der Waals surface area contributed by atoms with Gasteiger partial charge in [0.2, 0.25) is 11.8 Å². The number of amides is 1. The Morgan fingerprint density at radius 3 is 2.20 bits per heavy atom. The third kappa shape index (κ3) is 7.73. The molecule has 1 aliphatic heterocycles. The van der Waals surface area contributed by atoms with E-state index >= 15 is 0 Å². The number of carbonyl (C=O) groups excluding carboxylic acids is 1. The van der Waals surface area contributed by atoms with Gasteiger partial charge in [-0.3, -0.25) is 4.57 Å². The van der Waals surface area contributed by atoms with Crippen LogP contribution in [-0.4, -0.2) is 45.4 Å². The van der Waals surface area contributed by atoms with Gasteiger partial charge in [0.15, 0.2) is 0 Å². The van der Waals surface area contributed by atoms with E-state index in [-0.39, 0.29) is 12.1 Å². The zero-order valence-electron chi connectivity index (χ0n) is 26.0. The lowest BCUT2D eigenvalue weighted by atomic mass is 10.0. The van der Waals surface area contributed by atoms with Crippen LogP contribution in [0.25, 0.3) is 16.7 Å². The van der Waals surface area contributed by atoms with Crippen molar-refractivity contribution in [2.45, 2.75) is 58.5 Å². The monoisotopic (exact) mass is 605 g/mol. The van der Waals surface area contributed by atoms with Crippen molar-refractivity contribution in [1.29, 1.82) is 0 Å². The van der Waals surface area contributed by atoms with Crippen molar-refractivity contribution < 1.29 is 19.0 Å². The second-order valence-corrected chi connectivity index (χ2v) is 12.2. The number of carbonyl (C=O) groups is 1. The summed E-state index contributed by atoms with van der Waals surface area (Å²) in [5.41, 5.74) is 5.31. The highest BCUT2D eigenvalue weighted by molar-refractivity contribution is 5.82. The summed E-state index contributed by atoms with van der Waals surface area (Å²) in [7, 11) is 0. The number of alkyl carbamates (subject to hydrolysis) is 1. The number of pyridine rings is 1. The summed E-state index contributed by atoms with van der Waals surface area (Å²) in [5, 5.41) is 3.01. The fourth-order valence-electron chi connectivity index (χ4n) is 5.39. The van der Waals surface area contributed by atoms with Crippen LogP contribution in [0.4, 0.5) is 10.5 Å². The van der Waals surface area contributed by atoms with Gasteiger partial charge in [-0.15, -0.1) is 0 Å². The number of nitrogens with one attached hydrogen (secondary N) is 1. The first-order chi connectivity index (χ1) is 21.8. The highest BCUT2D eigenvalue weighted by Crippen LogP contribution is 2.31. The molecule has 1 aliphatic rings. The molecule has 0 bridgehead atoms. The maximum atomic E-state index is 12.2. The van der Waals surface area contributed by atoms with Crippen LogP contribution in [0.1, 0.15) is 44.7 Å². The van der Waals surface area contributed by atoms with Gasteiger partial charge in [-0.25, -0.2) is 9.78 Å². The van der Waals surface area contributed by atoms with E-state index in [2.05, 4.69) is 28.4 Å². The molecule has 1 N–H and O–H groups in total. The normalized spacial score (nSPS) is 13.9. The smallest absolute Gasteiger partial charge is 0.407 e. The lowest BCUT2D eigenvalue weighted by molar-refractivity contribution is 0.0497. The van der Waals surface area contributed by atoms with Crippen LogP contribution >= 0.6 is 0 Å². The van der Waals surface area contributed by atoms with Gasteiger partial charge in [-0.2, -0.15) is 4.98 Å². The van der Waals surface area contributed by atoms with Crippen LogP contribution in [0, 0.1) is 0 Å². The van der Waals surface area contributed by atoms with Crippen LogP contribution in [0.2, 0.25) is 0 Å². The molecule has 2 aromatic heterocycles. The Bertz CT molecular complexity index is 1730. The number of hydrogen-bond donors (Lipinski definition) is 1. The van der Waals surface area contributed by atoms with Gasteiger partial charge in [-0.05, 0) is 69.0 Å². The maximum Gasteiger partial charge on any atom is 0.407 e. The number of fused-ring (bicyclic) bond motifs is 1. The van der Waals surface area contributed by atoms with Crippen molar-refractivity contribution >= 4 is 22.8 Å². The molecular weight excluding hydrogens is 566 g/mol. The molecule has 9 nitrogen and oxygen atoms in total. The zero-order valence-corrected chi connectivity index (χ0v) is 26.0. The first-order valence-corrected chi connectivity index (χ1v) is 15.4. The van der Waals surface area contributed by atoms with E-state index in [4.69, 9.17) is 24.2 Å². The Hall–Kier alpha value is -5.05. The zero-order chi connectivity index (χ0) is 31.2. The number of imidazole rings is 1. The number of anilines is 1. The predicted octanol–water partition coefficient (Wildman–Crippen LogP) is 7.07. The van der Waals surface area contributed by atoms with Gasteiger partial charge in [0.05, 0.1) is 11.0 Å². The van der Waals surface area contributed by atoms with E-state index in [1.165, 1.54) is 0 Å². The second kappa shape index (κ2) is 13.3. The van der Waals surface area contributed by atoms with Crippen molar-refractivity contribution in [3.05, 3.63) is 108 Å². The third-order valence-corrected chi connectivity index (χ3v) is 7.63. The van der Waals surface area contributed by atoms with E-state index < -0.39 is 5.60 Å². The molecule has 3 heterocycles. The molecule has 5 aromatic rings. The molecule has 1 fully saturated rings. The SMILES string of the molecule is CC(C)(C)OC(=O)NC1CCN(c2ccc3c(c2)ncn3-c2ccc(OCc3ccccc3)nc2OCc2ccccc2)CC1. The standard InChI is InChI=1S/C36H39N5O4/c1-36(2,3)45-35(42)38-28-18-20-40(21-19-28)29-14-15-31-30(22-29)37-25-41(31)32-16-17-33(43-23-26-10-6-4-7-11-26)39-34(32)44-24-27-12-8-5-9-13-27/h4-17,22,25,28H,18-21,23-24H2,1-3H3,(H,38,42). The molecule has 6 rings (SSSR count). The molecule has 45 heavy (non-hydrogen) atoms. The fourth-order valence-corrected chi connectivity index (χ4v) is 5.39. The number of benzene rings is 3. The molecular formula is C36H39N5O4. The minimum atomic E-state index is -0.507. The summed E-state index contributed by atoms with van der Waals surface area (Å²) >= 11 is 0. The van der Waals surface area contributed by atoms with E-state index in [1.807, 2.05) is 104 Å². The Morgan fingerprint density at radius 1 is 0.867 bits per heavy atom. The van der Waals surface area contributed by atoms with Gasteiger partial charge in [0.1, 0.15) is 30.8 Å². The molecule has 0 spiro atoms. The van der Waals surface area contributed by atoms with E-state index in [9.17, 15) is 4.79 Å². The molecule has 3 aromatic carbocycles. The van der Waals surface area contributed by atoms with Gasteiger partial charge in [0.25, 0.3) is 0 Å². The predicted molar refractivity (Wildman–Crippen MR) is 175 cm³/mol. The Kier molecular flexibility index (Phi) is 8.86. The lowest BCUT2D eigenvalue weighted by Gasteiger charge is -2.34. The Labute approximate surface area is 263 Å². The van der Waals surface area contributed by atoms with E-state index in [1.54, 1.807) is 0 Å². The van der Waals surface area contributed by atoms with Crippen LogP contribution in [0.15, 0.2) is 97.3 Å². The molecule has 0 aliphatic carbocycles. The molecule has 0 saturated carbocycles. The molecule has 9 heteroatoms. The maximum absolute atomic E-state index is 12.2. The second-order valence-electron chi connectivity index (χ2n) is 12.2. The van der Waals surface area contributed by atoms with Gasteiger partial charge in [-0.1, -0.05) is 60.7 Å². The molecule has 1 saturated heterocycles. The Morgan fingerprint density at radius 2 is 1.53 bits per heavy atom. The van der Waals surface area contributed by atoms with E-state index in [0.29, 0.717) is 25.0 Å². The van der Waals surface area contributed by atoms with Crippen LogP contribution in [0.5, 0.6) is 11.8 Å². The number of rotatable bonds is 9. The number of piperidine rings is 1. The third-order valence-electron chi connectivity index (χ3n) is 7.63. The minimum absolute atomic E-state index is 0.0977. The van der Waals surface area contributed by atoms with Crippen molar-refractivity contribution in [3.63, 3.8) is 0 Å². The lowest BCUT2D eigenvalue weighted by Crippen LogP contribution is -2.46. The van der Waals surface area contributed by atoms with Gasteiger partial charge < -0.3 is 24.4 Å². The van der Waals surface area contributed by atoms with Crippen LogP contribution in [-0.2, 0) is 18.0 Å². The molecule has 0 radical (unpaired) electrons. The molecule has 0 unspecified atom stereocenters. The summed E-state index contributed by atoms with van der Waals surface area (Å²) in [5.74, 6) is 0.953. The van der Waals surface area contributed by atoms with Crippen molar-refractivity contribution in [1.82, 2.24) is 19.9 Å². The number of hydrogen-bond acceptors (Lipinski definition) is 7. The summed E-state index contributed by atoms with van der Waals surface area (Å²) in [6.45, 7) is 8.07. The van der Waals surface area contributed by atoms with Gasteiger partial charge in [0, 0.05) is 30.9 Å². The topological polar surface area (TPSA) is 90.7 Å². The average Bonchev–Trinajstić information content (AvgIpc) is 3.46. The highest BCUT2D eigenvalue weighted by Gasteiger charge is 2.24. The Balaban J connectivity index is 1.18. The summed E-state index contributed by atoms with van der Waals surface area (Å²) < 4.78 is 19.7.